The van der Waals surface area contributed by atoms with E-state index < -0.39 is 10.4 Å². The Morgan fingerprint density at radius 3 is 2.09 bits per heavy atom. The van der Waals surface area contributed by atoms with Gasteiger partial charge in [0.2, 0.25) is 0 Å². The van der Waals surface area contributed by atoms with Gasteiger partial charge in [-0.15, -0.1) is 0 Å². The van der Waals surface area contributed by atoms with Crippen LogP contribution >= 0.6 is 0 Å². The lowest BCUT2D eigenvalue weighted by Gasteiger charge is -2.22. The summed E-state index contributed by atoms with van der Waals surface area (Å²) in [5.41, 5.74) is -0.191. The molecular formula is C6H12O4S. The third-order valence-corrected chi connectivity index (χ3v) is 2.46. The predicted molar refractivity (Wildman–Crippen MR) is 39.2 cm³/mol. The van der Waals surface area contributed by atoms with Crippen LogP contribution in [0.25, 0.3) is 0 Å². The summed E-state index contributed by atoms with van der Waals surface area (Å²) in [7, 11) is -3.68. The number of hydrogen-bond donors (Lipinski definition) is 0. The van der Waals surface area contributed by atoms with Crippen LogP contribution in [0.2, 0.25) is 0 Å². The van der Waals surface area contributed by atoms with E-state index in [0.717, 1.165) is 0 Å². The molecule has 1 rings (SSSR count). The minimum absolute atomic E-state index is 0.131. The molecule has 0 N–H and O–H groups in total. The van der Waals surface area contributed by atoms with E-state index in [-0.39, 0.29) is 18.1 Å². The van der Waals surface area contributed by atoms with Crippen LogP contribution in [-0.4, -0.2) is 21.1 Å². The molecule has 1 aliphatic heterocycles. The van der Waals surface area contributed by atoms with Gasteiger partial charge in [-0.25, -0.2) is 8.37 Å². The topological polar surface area (TPSA) is 52.6 Å². The van der Waals surface area contributed by atoms with Crippen molar-refractivity contribution in [2.45, 2.75) is 26.9 Å². The highest BCUT2D eigenvalue weighted by molar-refractivity contribution is 7.82. The Balaban J connectivity index is 2.70. The van der Waals surface area contributed by atoms with E-state index in [1.165, 1.54) is 0 Å². The monoisotopic (exact) mass is 180 g/mol. The molecule has 1 saturated heterocycles. The molecule has 1 aliphatic rings. The zero-order valence-electron chi connectivity index (χ0n) is 6.83. The maximum Gasteiger partial charge on any atom is 0.400 e. The average Bonchev–Trinajstić information content (AvgIpc) is 2.07. The highest BCUT2D eigenvalue weighted by Crippen LogP contribution is 2.28. The van der Waals surface area contributed by atoms with Crippen LogP contribution in [0.4, 0.5) is 0 Å². The Bertz CT molecular complexity index is 236. The van der Waals surface area contributed by atoms with E-state index in [1.54, 1.807) is 0 Å². The maximum absolute atomic E-state index is 10.6. The zero-order chi connectivity index (χ0) is 8.70. The Morgan fingerprint density at radius 2 is 1.91 bits per heavy atom. The molecule has 4 nitrogen and oxygen atoms in total. The summed E-state index contributed by atoms with van der Waals surface area (Å²) in [5.74, 6) is 0. The largest absolute Gasteiger partial charge is 0.400 e. The van der Waals surface area contributed by atoms with Gasteiger partial charge < -0.3 is 0 Å². The molecule has 0 bridgehead atoms. The van der Waals surface area contributed by atoms with Crippen molar-refractivity contribution in [3.63, 3.8) is 0 Å². The highest BCUT2D eigenvalue weighted by atomic mass is 32.3. The molecule has 66 valence electrons. The third-order valence-electron chi connectivity index (χ3n) is 1.56. The van der Waals surface area contributed by atoms with Gasteiger partial charge in [-0.1, -0.05) is 20.8 Å². The summed E-state index contributed by atoms with van der Waals surface area (Å²) in [6.45, 7) is 5.84. The van der Waals surface area contributed by atoms with Gasteiger partial charge in [-0.2, -0.15) is 8.42 Å². The van der Waals surface area contributed by atoms with Crippen molar-refractivity contribution in [2.24, 2.45) is 5.41 Å². The van der Waals surface area contributed by atoms with Gasteiger partial charge in [0.15, 0.2) is 0 Å². The molecule has 11 heavy (non-hydrogen) atoms. The quantitative estimate of drug-likeness (QED) is 0.550. The Morgan fingerprint density at radius 1 is 1.36 bits per heavy atom. The second kappa shape index (κ2) is 2.43. The fourth-order valence-electron chi connectivity index (χ4n) is 0.737. The first-order chi connectivity index (χ1) is 4.81. The van der Waals surface area contributed by atoms with Crippen molar-refractivity contribution in [1.82, 2.24) is 0 Å². The Labute approximate surface area is 66.8 Å². The maximum atomic E-state index is 10.6. The molecule has 0 aliphatic carbocycles. The van der Waals surface area contributed by atoms with E-state index in [4.69, 9.17) is 0 Å². The lowest BCUT2D eigenvalue weighted by Crippen LogP contribution is -2.28. The van der Waals surface area contributed by atoms with Gasteiger partial charge in [-0.05, 0) is 5.41 Å². The van der Waals surface area contributed by atoms with Crippen molar-refractivity contribution < 1.29 is 16.8 Å². The standard InChI is InChI=1S/C6H12O4S/c1-6(2,3)5-4-9-11(7,8)10-5/h5H,4H2,1-3H3. The minimum atomic E-state index is -3.68. The predicted octanol–water partition coefficient (Wildman–Crippen LogP) is 0.693. The number of rotatable bonds is 0. The van der Waals surface area contributed by atoms with Crippen LogP contribution < -0.4 is 0 Å². The average molecular weight is 180 g/mol. The van der Waals surface area contributed by atoms with E-state index in [2.05, 4.69) is 8.37 Å². The molecule has 0 radical (unpaired) electrons. The minimum Gasteiger partial charge on any atom is -0.245 e. The number of hydrogen-bond acceptors (Lipinski definition) is 4. The normalized spacial score (nSPS) is 30.6. The molecule has 0 spiro atoms. The van der Waals surface area contributed by atoms with Crippen LogP contribution in [0.15, 0.2) is 0 Å². The van der Waals surface area contributed by atoms with Crippen molar-refractivity contribution in [2.75, 3.05) is 6.61 Å². The molecular weight excluding hydrogens is 168 g/mol. The molecule has 0 aromatic carbocycles. The first-order valence-corrected chi connectivity index (χ1v) is 4.72. The van der Waals surface area contributed by atoms with Crippen LogP contribution in [-0.2, 0) is 18.8 Å². The van der Waals surface area contributed by atoms with Gasteiger partial charge >= 0.3 is 10.4 Å². The van der Waals surface area contributed by atoms with Gasteiger partial charge in [0.1, 0.15) is 6.10 Å². The van der Waals surface area contributed by atoms with Crippen molar-refractivity contribution in [1.29, 1.82) is 0 Å². The summed E-state index contributed by atoms with van der Waals surface area (Å²) < 4.78 is 30.4. The summed E-state index contributed by atoms with van der Waals surface area (Å²) in [4.78, 5) is 0. The summed E-state index contributed by atoms with van der Waals surface area (Å²) in [5, 5.41) is 0. The molecule has 1 atom stereocenters. The zero-order valence-corrected chi connectivity index (χ0v) is 7.64. The third kappa shape index (κ3) is 2.15. The summed E-state index contributed by atoms with van der Waals surface area (Å²) in [6.07, 6.45) is -0.354. The van der Waals surface area contributed by atoms with Gasteiger partial charge in [0, 0.05) is 0 Å². The lowest BCUT2D eigenvalue weighted by molar-refractivity contribution is 0.109. The summed E-state index contributed by atoms with van der Waals surface area (Å²) >= 11 is 0. The Kier molecular flexibility index (Phi) is 1.98. The SMILES string of the molecule is CC(C)(C)C1COS(=O)(=O)O1. The second-order valence-electron chi connectivity index (χ2n) is 3.64. The van der Waals surface area contributed by atoms with Gasteiger partial charge in [0.05, 0.1) is 6.61 Å². The fourth-order valence-corrected chi connectivity index (χ4v) is 1.71. The van der Waals surface area contributed by atoms with E-state index in [1.807, 2.05) is 20.8 Å². The van der Waals surface area contributed by atoms with Crippen molar-refractivity contribution in [3.8, 4) is 0 Å². The van der Waals surface area contributed by atoms with Crippen LogP contribution in [0.3, 0.4) is 0 Å². The molecule has 0 amide bonds. The highest BCUT2D eigenvalue weighted by Gasteiger charge is 2.37. The first kappa shape index (κ1) is 8.96. The second-order valence-corrected chi connectivity index (χ2v) is 4.89. The molecule has 1 heterocycles. The van der Waals surface area contributed by atoms with Gasteiger partial charge in [0.25, 0.3) is 0 Å². The van der Waals surface area contributed by atoms with E-state index in [9.17, 15) is 8.42 Å². The smallest absolute Gasteiger partial charge is 0.245 e. The van der Waals surface area contributed by atoms with E-state index >= 15 is 0 Å². The molecule has 1 unspecified atom stereocenters. The fraction of sp³-hybridized carbons (Fsp3) is 1.00. The lowest BCUT2D eigenvalue weighted by atomic mass is 9.90. The molecule has 5 heteroatoms. The van der Waals surface area contributed by atoms with Crippen LogP contribution in [0.5, 0.6) is 0 Å². The van der Waals surface area contributed by atoms with Crippen molar-refractivity contribution >= 4 is 10.4 Å². The van der Waals surface area contributed by atoms with E-state index in [0.29, 0.717) is 0 Å². The molecule has 1 fully saturated rings. The first-order valence-electron chi connectivity index (χ1n) is 3.39. The molecule has 0 saturated carbocycles. The van der Waals surface area contributed by atoms with Crippen LogP contribution in [0.1, 0.15) is 20.8 Å². The van der Waals surface area contributed by atoms with Crippen molar-refractivity contribution in [3.05, 3.63) is 0 Å². The summed E-state index contributed by atoms with van der Waals surface area (Å²) in [6, 6.07) is 0. The molecule has 0 aromatic heterocycles. The molecule has 0 aromatic rings. The Hall–Kier alpha value is -0.130. The van der Waals surface area contributed by atoms with Crippen LogP contribution in [0, 0.1) is 5.41 Å². The van der Waals surface area contributed by atoms with Gasteiger partial charge in [-0.3, -0.25) is 0 Å².